The first-order valence-electron chi connectivity index (χ1n) is 14.8. The van der Waals surface area contributed by atoms with Crippen molar-refractivity contribution in [1.29, 1.82) is 0 Å². The van der Waals surface area contributed by atoms with Crippen molar-refractivity contribution in [3.63, 3.8) is 0 Å². The molecule has 1 saturated heterocycles. The van der Waals surface area contributed by atoms with Gasteiger partial charge in [-0.2, -0.15) is 24.9 Å². The highest BCUT2D eigenvalue weighted by Crippen LogP contribution is 2.23. The molecule has 1 aliphatic heterocycles. The number of carboxylic acids is 2. The zero-order valence-corrected chi connectivity index (χ0v) is 26.6. The van der Waals surface area contributed by atoms with Crippen molar-refractivity contribution in [2.24, 2.45) is 0 Å². The minimum Gasteiger partial charge on any atom is -0.480 e. The first kappa shape index (κ1) is 37.1. The summed E-state index contributed by atoms with van der Waals surface area (Å²) in [5.41, 5.74) is 1.92. The number of amides is 2. The lowest BCUT2D eigenvalue weighted by Gasteiger charge is -2.31. The average molecular weight is 678 g/mol. The first-order valence-corrected chi connectivity index (χ1v) is 16.2. The number of carbonyl (C=O) groups is 4. The lowest BCUT2D eigenvalue weighted by atomic mass is 10.0. The SMILES string of the molecule is CSCC[C@H](NC(=O)CN(Cc1cccc2ccccc12)C[C@@H]1CCCN1C(=O)CNc1ccncc1)C(=O)O.O=C(O)C(F)(F)F. The lowest BCUT2D eigenvalue weighted by molar-refractivity contribution is -0.192. The third kappa shape index (κ3) is 12.1. The maximum Gasteiger partial charge on any atom is 0.490 e. The highest BCUT2D eigenvalue weighted by Gasteiger charge is 2.38. The number of anilines is 1. The topological polar surface area (TPSA) is 152 Å². The van der Waals surface area contributed by atoms with E-state index in [9.17, 15) is 32.7 Å². The van der Waals surface area contributed by atoms with Gasteiger partial charge in [-0.05, 0) is 59.7 Å². The second-order valence-electron chi connectivity index (χ2n) is 10.8. The zero-order valence-electron chi connectivity index (χ0n) is 25.8. The van der Waals surface area contributed by atoms with E-state index in [0.717, 1.165) is 34.9 Å². The monoisotopic (exact) mass is 677 g/mol. The molecule has 2 aromatic carbocycles. The van der Waals surface area contributed by atoms with Crippen LogP contribution in [-0.4, -0.2) is 105 Å². The Labute approximate surface area is 274 Å². The van der Waals surface area contributed by atoms with Gasteiger partial charge in [0.15, 0.2) is 0 Å². The van der Waals surface area contributed by atoms with Crippen molar-refractivity contribution >= 4 is 52.0 Å². The average Bonchev–Trinajstić information content (AvgIpc) is 3.50. The van der Waals surface area contributed by atoms with Gasteiger partial charge in [-0.3, -0.25) is 19.5 Å². The largest absolute Gasteiger partial charge is 0.490 e. The molecule has 2 atom stereocenters. The summed E-state index contributed by atoms with van der Waals surface area (Å²) in [5, 5.41) is 24.8. The summed E-state index contributed by atoms with van der Waals surface area (Å²) in [6.07, 6.45) is 2.29. The molecular weight excluding hydrogens is 639 g/mol. The number of fused-ring (bicyclic) bond motifs is 1. The van der Waals surface area contributed by atoms with E-state index in [1.54, 1.807) is 24.2 Å². The van der Waals surface area contributed by atoms with Gasteiger partial charge in [0, 0.05) is 43.8 Å². The van der Waals surface area contributed by atoms with Gasteiger partial charge in [-0.1, -0.05) is 42.5 Å². The third-order valence-electron chi connectivity index (χ3n) is 7.42. The molecule has 254 valence electrons. The van der Waals surface area contributed by atoms with E-state index >= 15 is 0 Å². The van der Waals surface area contributed by atoms with E-state index in [0.29, 0.717) is 31.8 Å². The van der Waals surface area contributed by atoms with Gasteiger partial charge < -0.3 is 25.7 Å². The molecule has 15 heteroatoms. The lowest BCUT2D eigenvalue weighted by Crippen LogP contribution is -2.49. The Balaban J connectivity index is 0.000000771. The molecule has 2 heterocycles. The summed E-state index contributed by atoms with van der Waals surface area (Å²) in [7, 11) is 0. The number of benzene rings is 2. The molecule has 11 nitrogen and oxygen atoms in total. The Kier molecular flexibility index (Phi) is 14.3. The predicted molar refractivity (Wildman–Crippen MR) is 173 cm³/mol. The van der Waals surface area contributed by atoms with Crippen LogP contribution in [0.5, 0.6) is 0 Å². The molecule has 0 bridgehead atoms. The fourth-order valence-corrected chi connectivity index (χ4v) is 5.66. The summed E-state index contributed by atoms with van der Waals surface area (Å²) < 4.78 is 31.7. The van der Waals surface area contributed by atoms with Gasteiger partial charge in [0.2, 0.25) is 11.8 Å². The Bertz CT molecular complexity index is 1490. The Hall–Kier alpha value is -4.37. The second-order valence-corrected chi connectivity index (χ2v) is 11.8. The first-order chi connectivity index (χ1) is 22.4. The number of halogens is 3. The Morgan fingerprint density at radius 1 is 1.06 bits per heavy atom. The summed E-state index contributed by atoms with van der Waals surface area (Å²) in [6, 6.07) is 16.9. The van der Waals surface area contributed by atoms with Crippen LogP contribution < -0.4 is 10.6 Å². The summed E-state index contributed by atoms with van der Waals surface area (Å²) in [6.45, 7) is 1.91. The molecule has 1 fully saturated rings. The van der Waals surface area contributed by atoms with Crippen LogP contribution >= 0.6 is 11.8 Å². The molecule has 0 saturated carbocycles. The minimum absolute atomic E-state index is 0.0110. The number of hydrogen-bond acceptors (Lipinski definition) is 8. The molecule has 3 aromatic rings. The van der Waals surface area contributed by atoms with Gasteiger partial charge in [-0.25, -0.2) is 9.59 Å². The van der Waals surface area contributed by atoms with Crippen LogP contribution in [0.15, 0.2) is 67.0 Å². The fraction of sp³-hybridized carbons (Fsp3) is 0.406. The minimum atomic E-state index is -5.08. The molecule has 47 heavy (non-hydrogen) atoms. The van der Waals surface area contributed by atoms with Crippen LogP contribution in [0.3, 0.4) is 0 Å². The van der Waals surface area contributed by atoms with Crippen LogP contribution in [0.4, 0.5) is 18.9 Å². The predicted octanol–water partition coefficient (Wildman–Crippen LogP) is 4.10. The summed E-state index contributed by atoms with van der Waals surface area (Å²) in [4.78, 5) is 54.9. The van der Waals surface area contributed by atoms with E-state index in [1.807, 2.05) is 46.4 Å². The van der Waals surface area contributed by atoms with E-state index in [4.69, 9.17) is 9.90 Å². The van der Waals surface area contributed by atoms with E-state index in [1.165, 1.54) is 0 Å². The van der Waals surface area contributed by atoms with Crippen molar-refractivity contribution < 1.29 is 42.6 Å². The van der Waals surface area contributed by atoms with Crippen LogP contribution in [0, 0.1) is 0 Å². The van der Waals surface area contributed by atoms with Crippen molar-refractivity contribution in [3.05, 3.63) is 72.6 Å². The van der Waals surface area contributed by atoms with E-state index in [2.05, 4.69) is 39.9 Å². The number of carbonyl (C=O) groups excluding carboxylic acids is 2. The van der Waals surface area contributed by atoms with Gasteiger partial charge in [0.05, 0.1) is 13.1 Å². The highest BCUT2D eigenvalue weighted by molar-refractivity contribution is 7.98. The van der Waals surface area contributed by atoms with Crippen LogP contribution in [0.25, 0.3) is 10.8 Å². The number of carboxylic acid groups (broad SMARTS) is 2. The third-order valence-corrected chi connectivity index (χ3v) is 8.06. The van der Waals surface area contributed by atoms with Crippen LogP contribution in [0.2, 0.25) is 0 Å². The standard InChI is InChI=1S/C30H37N5O4S.C2HF3O2/c1-40-17-13-27(30(38)39)33-28(36)21-34(19-23-8-4-7-22-6-2-3-10-26(22)23)20-25-9-5-16-35(25)29(37)18-32-24-11-14-31-15-12-24;3-2(4,5)1(6)7/h2-4,6-8,10-12,14-15,25,27H,5,9,13,16-21H2,1H3,(H,31,32)(H,33,36)(H,38,39);(H,6,7)/t25-,27-;/m0./s1. The van der Waals surface area contributed by atoms with E-state index in [-0.39, 0.29) is 30.9 Å². The van der Waals surface area contributed by atoms with Crippen LogP contribution in [-0.2, 0) is 25.7 Å². The Morgan fingerprint density at radius 3 is 2.40 bits per heavy atom. The van der Waals surface area contributed by atoms with Crippen molar-refractivity contribution in [1.82, 2.24) is 20.1 Å². The normalized spacial score (nSPS) is 15.1. The molecule has 2 amide bonds. The maximum absolute atomic E-state index is 13.2. The second kappa shape index (κ2) is 18.1. The maximum atomic E-state index is 13.2. The smallest absolute Gasteiger partial charge is 0.480 e. The number of nitrogens with one attached hydrogen (secondary N) is 2. The number of hydrogen-bond donors (Lipinski definition) is 4. The molecule has 1 aliphatic rings. The Morgan fingerprint density at radius 2 is 1.74 bits per heavy atom. The van der Waals surface area contributed by atoms with Gasteiger partial charge >= 0.3 is 18.1 Å². The fourth-order valence-electron chi connectivity index (χ4n) is 5.19. The quantitative estimate of drug-likeness (QED) is 0.196. The molecule has 0 aliphatic carbocycles. The molecule has 0 spiro atoms. The van der Waals surface area contributed by atoms with Crippen molar-refractivity contribution in [3.8, 4) is 0 Å². The number of likely N-dealkylation sites (tertiary alicyclic amines) is 1. The summed E-state index contributed by atoms with van der Waals surface area (Å²) >= 11 is 1.55. The number of nitrogens with zero attached hydrogens (tertiary/aromatic N) is 3. The van der Waals surface area contributed by atoms with Crippen molar-refractivity contribution in [2.75, 3.05) is 43.5 Å². The van der Waals surface area contributed by atoms with Gasteiger partial charge in [0.1, 0.15) is 6.04 Å². The highest BCUT2D eigenvalue weighted by atomic mass is 32.2. The molecule has 0 radical (unpaired) electrons. The molecular formula is C32H38F3N5O6S. The molecule has 0 unspecified atom stereocenters. The number of aromatic nitrogens is 1. The number of aliphatic carboxylic acids is 2. The van der Waals surface area contributed by atoms with Crippen LogP contribution in [0.1, 0.15) is 24.8 Å². The van der Waals surface area contributed by atoms with Gasteiger partial charge in [0.25, 0.3) is 0 Å². The molecule has 4 rings (SSSR count). The van der Waals surface area contributed by atoms with Crippen molar-refractivity contribution in [2.45, 2.75) is 44.1 Å². The number of thioether (sulfide) groups is 1. The number of pyridine rings is 1. The zero-order chi connectivity index (χ0) is 34.4. The van der Waals surface area contributed by atoms with Gasteiger partial charge in [-0.15, -0.1) is 0 Å². The number of alkyl halides is 3. The van der Waals surface area contributed by atoms with E-state index < -0.39 is 24.2 Å². The molecule has 1 aromatic heterocycles. The molecule has 4 N–H and O–H groups in total. The number of rotatable bonds is 14. The summed E-state index contributed by atoms with van der Waals surface area (Å²) in [5.74, 6) is -3.46.